The molecular weight excluding hydrogens is 338 g/mol. The molecule has 16 heavy (non-hydrogen) atoms. The molecule has 5 heteroatoms. The van der Waals surface area contributed by atoms with Gasteiger partial charge in [0.2, 0.25) is 0 Å². The lowest BCUT2D eigenvalue weighted by molar-refractivity contribution is 0.0936. The van der Waals surface area contributed by atoms with E-state index in [0.717, 1.165) is 9.99 Å². The molecule has 0 radical (unpaired) electrons. The van der Waals surface area contributed by atoms with Crippen molar-refractivity contribution in [1.82, 2.24) is 5.32 Å². The van der Waals surface area contributed by atoms with Gasteiger partial charge >= 0.3 is 0 Å². The van der Waals surface area contributed by atoms with Gasteiger partial charge in [-0.3, -0.25) is 4.79 Å². The van der Waals surface area contributed by atoms with Crippen LogP contribution in [0.4, 0.5) is 0 Å². The highest BCUT2D eigenvalue weighted by Gasteiger charge is 2.13. The summed E-state index contributed by atoms with van der Waals surface area (Å²) in [5.41, 5.74) is 6.13. The summed E-state index contributed by atoms with van der Waals surface area (Å²) in [6.45, 7) is 2.43. The fourth-order valence-electron chi connectivity index (χ4n) is 1.26. The van der Waals surface area contributed by atoms with Gasteiger partial charge in [-0.2, -0.15) is 0 Å². The van der Waals surface area contributed by atoms with E-state index in [4.69, 9.17) is 17.3 Å². The maximum atomic E-state index is 11.9. The number of carbonyl (C=O) groups excluding carboxylic acids is 1. The van der Waals surface area contributed by atoms with Crippen molar-refractivity contribution < 1.29 is 4.79 Å². The number of nitrogens with one attached hydrogen (secondary N) is 1. The van der Waals surface area contributed by atoms with Gasteiger partial charge in [-0.15, -0.1) is 0 Å². The minimum atomic E-state index is -0.121. The first-order valence-electron chi connectivity index (χ1n) is 5.04. The average molecular weight is 353 g/mol. The molecule has 88 valence electrons. The molecule has 0 heterocycles. The van der Waals surface area contributed by atoms with Crippen molar-refractivity contribution in [2.75, 3.05) is 6.54 Å². The van der Waals surface area contributed by atoms with Gasteiger partial charge < -0.3 is 11.1 Å². The van der Waals surface area contributed by atoms with E-state index in [1.807, 2.05) is 13.0 Å². The Morgan fingerprint density at radius 3 is 2.88 bits per heavy atom. The number of amides is 1. The zero-order valence-electron chi connectivity index (χ0n) is 8.97. The van der Waals surface area contributed by atoms with Crippen LogP contribution >= 0.6 is 34.2 Å². The summed E-state index contributed by atoms with van der Waals surface area (Å²) < 4.78 is 0.881. The van der Waals surface area contributed by atoms with Gasteiger partial charge in [-0.05, 0) is 47.2 Å². The number of hydrogen-bond donors (Lipinski definition) is 2. The van der Waals surface area contributed by atoms with Crippen LogP contribution in [-0.4, -0.2) is 18.5 Å². The molecule has 1 atom stereocenters. The fraction of sp³-hybridized carbons (Fsp3) is 0.364. The topological polar surface area (TPSA) is 55.1 Å². The first-order chi connectivity index (χ1) is 7.58. The van der Waals surface area contributed by atoms with Crippen LogP contribution in [0.5, 0.6) is 0 Å². The van der Waals surface area contributed by atoms with E-state index in [9.17, 15) is 4.79 Å². The summed E-state index contributed by atoms with van der Waals surface area (Å²) in [6.07, 6.45) is 0.819. The quantitative estimate of drug-likeness (QED) is 0.818. The van der Waals surface area contributed by atoms with Crippen LogP contribution in [0.2, 0.25) is 5.02 Å². The molecule has 3 N–H and O–H groups in total. The fourth-order valence-corrected chi connectivity index (χ4v) is 2.01. The molecule has 0 aliphatic heterocycles. The Morgan fingerprint density at radius 1 is 1.62 bits per heavy atom. The second-order valence-corrected chi connectivity index (χ2v) is 5.04. The SMILES string of the molecule is CCC(CN)NC(=O)c1cc(Cl)ccc1I. The zero-order chi connectivity index (χ0) is 12.1. The van der Waals surface area contributed by atoms with Crippen LogP contribution in [0, 0.1) is 3.57 Å². The molecule has 0 fully saturated rings. The lowest BCUT2D eigenvalue weighted by Crippen LogP contribution is -2.39. The predicted molar refractivity (Wildman–Crippen MR) is 74.8 cm³/mol. The van der Waals surface area contributed by atoms with E-state index in [0.29, 0.717) is 17.1 Å². The summed E-state index contributed by atoms with van der Waals surface area (Å²) in [5.74, 6) is -0.121. The molecule has 1 aromatic rings. The summed E-state index contributed by atoms with van der Waals surface area (Å²) in [4.78, 5) is 11.9. The number of nitrogens with two attached hydrogens (primary N) is 1. The van der Waals surface area contributed by atoms with Crippen LogP contribution in [0.3, 0.4) is 0 Å². The van der Waals surface area contributed by atoms with Crippen LogP contribution in [0.25, 0.3) is 0 Å². The molecule has 1 amide bonds. The van der Waals surface area contributed by atoms with E-state index in [1.165, 1.54) is 0 Å². The van der Waals surface area contributed by atoms with Gasteiger partial charge in [0.25, 0.3) is 5.91 Å². The summed E-state index contributed by atoms with van der Waals surface area (Å²) in [6, 6.07) is 5.27. The second-order valence-electron chi connectivity index (χ2n) is 3.44. The minimum absolute atomic E-state index is 0.0160. The summed E-state index contributed by atoms with van der Waals surface area (Å²) in [7, 11) is 0. The number of rotatable bonds is 4. The number of halogens is 2. The van der Waals surface area contributed by atoms with E-state index in [1.54, 1.807) is 12.1 Å². The van der Waals surface area contributed by atoms with E-state index >= 15 is 0 Å². The van der Waals surface area contributed by atoms with Crippen LogP contribution in [0.15, 0.2) is 18.2 Å². The molecule has 1 aromatic carbocycles. The molecule has 0 aromatic heterocycles. The van der Waals surface area contributed by atoms with Gasteiger partial charge in [0.15, 0.2) is 0 Å². The first-order valence-corrected chi connectivity index (χ1v) is 6.50. The van der Waals surface area contributed by atoms with E-state index in [-0.39, 0.29) is 11.9 Å². The van der Waals surface area contributed by atoms with Gasteiger partial charge in [-0.25, -0.2) is 0 Å². The molecule has 3 nitrogen and oxygen atoms in total. The molecule has 0 spiro atoms. The van der Waals surface area contributed by atoms with Gasteiger partial charge in [0.05, 0.1) is 5.56 Å². The van der Waals surface area contributed by atoms with Crippen molar-refractivity contribution in [1.29, 1.82) is 0 Å². The number of benzene rings is 1. The Hall–Kier alpha value is -0.330. The molecule has 0 saturated carbocycles. The van der Waals surface area contributed by atoms with Gasteiger partial charge in [0.1, 0.15) is 0 Å². The van der Waals surface area contributed by atoms with Crippen molar-refractivity contribution >= 4 is 40.1 Å². The highest BCUT2D eigenvalue weighted by molar-refractivity contribution is 14.1. The molecule has 0 saturated heterocycles. The van der Waals surface area contributed by atoms with Gasteiger partial charge in [0, 0.05) is 21.2 Å². The molecule has 1 rings (SSSR count). The second kappa shape index (κ2) is 6.42. The van der Waals surface area contributed by atoms with Crippen LogP contribution in [0.1, 0.15) is 23.7 Å². The molecular formula is C11H14ClIN2O. The highest BCUT2D eigenvalue weighted by Crippen LogP contribution is 2.17. The normalized spacial score (nSPS) is 12.2. The standard InChI is InChI=1S/C11H14ClIN2O/c1-2-8(6-14)15-11(16)9-5-7(12)3-4-10(9)13/h3-5,8H,2,6,14H2,1H3,(H,15,16). The molecule has 0 aliphatic rings. The Bertz CT molecular complexity index is 380. The van der Waals surface area contributed by atoms with E-state index in [2.05, 4.69) is 27.9 Å². The third-order valence-electron chi connectivity index (χ3n) is 2.29. The Balaban J connectivity index is 2.83. The van der Waals surface area contributed by atoms with Crippen LogP contribution < -0.4 is 11.1 Å². The minimum Gasteiger partial charge on any atom is -0.348 e. The van der Waals surface area contributed by atoms with Crippen molar-refractivity contribution in [2.24, 2.45) is 5.73 Å². The van der Waals surface area contributed by atoms with Crippen molar-refractivity contribution in [3.8, 4) is 0 Å². The van der Waals surface area contributed by atoms with E-state index < -0.39 is 0 Å². The summed E-state index contributed by atoms with van der Waals surface area (Å²) >= 11 is 7.97. The Morgan fingerprint density at radius 2 is 2.31 bits per heavy atom. The third-order valence-corrected chi connectivity index (χ3v) is 3.46. The average Bonchev–Trinajstić information content (AvgIpc) is 2.28. The Labute approximate surface area is 114 Å². The smallest absolute Gasteiger partial charge is 0.252 e. The molecule has 0 bridgehead atoms. The summed E-state index contributed by atoms with van der Waals surface area (Å²) in [5, 5.41) is 3.43. The maximum Gasteiger partial charge on any atom is 0.252 e. The highest BCUT2D eigenvalue weighted by atomic mass is 127. The monoisotopic (exact) mass is 352 g/mol. The lowest BCUT2D eigenvalue weighted by Gasteiger charge is -2.15. The zero-order valence-corrected chi connectivity index (χ0v) is 11.9. The Kier molecular flexibility index (Phi) is 5.51. The van der Waals surface area contributed by atoms with Crippen molar-refractivity contribution in [2.45, 2.75) is 19.4 Å². The van der Waals surface area contributed by atoms with Crippen molar-refractivity contribution in [3.63, 3.8) is 0 Å². The van der Waals surface area contributed by atoms with Crippen molar-refractivity contribution in [3.05, 3.63) is 32.4 Å². The molecule has 1 unspecified atom stereocenters. The lowest BCUT2D eigenvalue weighted by atomic mass is 10.1. The van der Waals surface area contributed by atoms with Crippen LogP contribution in [-0.2, 0) is 0 Å². The first kappa shape index (κ1) is 13.7. The number of carbonyl (C=O) groups is 1. The largest absolute Gasteiger partial charge is 0.348 e. The number of hydrogen-bond acceptors (Lipinski definition) is 2. The third kappa shape index (κ3) is 3.61. The predicted octanol–water partition coefficient (Wildman–Crippen LogP) is 2.41. The molecule has 0 aliphatic carbocycles. The van der Waals surface area contributed by atoms with Gasteiger partial charge in [-0.1, -0.05) is 18.5 Å². The maximum absolute atomic E-state index is 11.9.